The van der Waals surface area contributed by atoms with Crippen molar-refractivity contribution in [2.24, 2.45) is 0 Å². The molecular weight excluding hydrogens is 288 g/mol. The molecule has 4 aromatic rings. The highest BCUT2D eigenvalue weighted by molar-refractivity contribution is 5.83. The highest BCUT2D eigenvalue weighted by atomic mass is 16.1. The number of hydrogen-bond acceptors (Lipinski definition) is 2. The van der Waals surface area contributed by atoms with E-state index in [1.54, 1.807) is 10.7 Å². The Bertz CT molecular complexity index is 983. The van der Waals surface area contributed by atoms with Gasteiger partial charge in [-0.15, -0.1) is 0 Å². The van der Waals surface area contributed by atoms with Gasteiger partial charge in [-0.25, -0.2) is 4.52 Å². The molecule has 4 rings (SSSR count). The molecule has 0 unspecified atom stereocenters. The number of hydrogen-bond donors (Lipinski definition) is 1. The molecule has 0 bridgehead atoms. The van der Waals surface area contributed by atoms with Gasteiger partial charge in [0.2, 0.25) is 5.91 Å². The summed E-state index contributed by atoms with van der Waals surface area (Å²) in [6.07, 6.45) is 5.63. The number of nitrogens with zero attached hydrogens (tertiary/aromatic N) is 3. The zero-order valence-corrected chi connectivity index (χ0v) is 12.5. The molecule has 1 aromatic carbocycles. The minimum Gasteiger partial charge on any atom is -0.350 e. The van der Waals surface area contributed by atoms with Crippen LogP contribution < -0.4 is 5.32 Å². The fourth-order valence-electron chi connectivity index (χ4n) is 2.81. The van der Waals surface area contributed by atoms with E-state index in [1.165, 1.54) is 0 Å². The van der Waals surface area contributed by atoms with Crippen molar-refractivity contribution in [2.45, 2.75) is 13.1 Å². The Morgan fingerprint density at radius 2 is 1.83 bits per heavy atom. The van der Waals surface area contributed by atoms with Gasteiger partial charge in [-0.1, -0.05) is 24.3 Å². The van der Waals surface area contributed by atoms with E-state index in [0.29, 0.717) is 13.1 Å². The zero-order chi connectivity index (χ0) is 15.6. The van der Waals surface area contributed by atoms with Crippen LogP contribution in [0.4, 0.5) is 0 Å². The molecule has 23 heavy (non-hydrogen) atoms. The molecule has 0 spiro atoms. The first-order chi connectivity index (χ1) is 11.3. The topological polar surface area (TPSA) is 51.3 Å². The predicted molar refractivity (Wildman–Crippen MR) is 89.0 cm³/mol. The maximum atomic E-state index is 12.2. The Kier molecular flexibility index (Phi) is 3.31. The van der Waals surface area contributed by atoms with Gasteiger partial charge < -0.3 is 9.88 Å². The molecule has 5 nitrogen and oxygen atoms in total. The molecule has 0 fully saturated rings. The SMILES string of the molecule is O=C(Cn1ccc2ccccc21)NCc1cnn2ccccc12. The standard InChI is InChI=1S/C18H16N4O/c23-18(13-21-10-8-14-5-1-2-6-16(14)21)19-11-15-12-20-22-9-4-3-7-17(15)22/h1-10,12H,11,13H2,(H,19,23). The van der Waals surface area contributed by atoms with Crippen molar-refractivity contribution in [1.82, 2.24) is 19.5 Å². The van der Waals surface area contributed by atoms with Gasteiger partial charge in [0.05, 0.1) is 11.7 Å². The van der Waals surface area contributed by atoms with E-state index < -0.39 is 0 Å². The van der Waals surface area contributed by atoms with E-state index in [4.69, 9.17) is 0 Å². The normalized spacial score (nSPS) is 11.1. The molecule has 0 atom stereocenters. The van der Waals surface area contributed by atoms with E-state index in [-0.39, 0.29) is 5.91 Å². The lowest BCUT2D eigenvalue weighted by Crippen LogP contribution is -2.26. The Balaban J connectivity index is 1.46. The van der Waals surface area contributed by atoms with Crippen molar-refractivity contribution in [3.63, 3.8) is 0 Å². The van der Waals surface area contributed by atoms with Crippen LogP contribution in [0.1, 0.15) is 5.56 Å². The number of pyridine rings is 1. The number of aromatic nitrogens is 3. The first kappa shape index (κ1) is 13.6. The molecule has 1 amide bonds. The van der Waals surface area contributed by atoms with Crippen molar-refractivity contribution in [3.8, 4) is 0 Å². The quantitative estimate of drug-likeness (QED) is 0.630. The summed E-state index contributed by atoms with van der Waals surface area (Å²) in [6.45, 7) is 0.790. The lowest BCUT2D eigenvalue weighted by atomic mass is 10.2. The van der Waals surface area contributed by atoms with Crippen LogP contribution in [0.15, 0.2) is 67.1 Å². The van der Waals surface area contributed by atoms with Crippen molar-refractivity contribution in [1.29, 1.82) is 0 Å². The van der Waals surface area contributed by atoms with Crippen LogP contribution in [0.3, 0.4) is 0 Å². The Hall–Kier alpha value is -3.08. The fourth-order valence-corrected chi connectivity index (χ4v) is 2.81. The number of fused-ring (bicyclic) bond motifs is 2. The average Bonchev–Trinajstić information content (AvgIpc) is 3.18. The fraction of sp³-hybridized carbons (Fsp3) is 0.111. The van der Waals surface area contributed by atoms with Crippen LogP contribution in [0.5, 0.6) is 0 Å². The lowest BCUT2D eigenvalue weighted by Gasteiger charge is -2.07. The van der Waals surface area contributed by atoms with E-state index in [0.717, 1.165) is 22.0 Å². The molecule has 0 aliphatic heterocycles. The van der Waals surface area contributed by atoms with Crippen LogP contribution in [0.25, 0.3) is 16.4 Å². The Labute approximate surface area is 133 Å². The summed E-state index contributed by atoms with van der Waals surface area (Å²) in [6, 6.07) is 16.0. The molecule has 3 aromatic heterocycles. The van der Waals surface area contributed by atoms with Crippen LogP contribution in [0.2, 0.25) is 0 Å². The zero-order valence-electron chi connectivity index (χ0n) is 12.5. The summed E-state index contributed by atoms with van der Waals surface area (Å²) in [7, 11) is 0. The second-order valence-electron chi connectivity index (χ2n) is 5.48. The summed E-state index contributed by atoms with van der Waals surface area (Å²) in [5.41, 5.74) is 3.09. The van der Waals surface area contributed by atoms with Gasteiger partial charge in [0.15, 0.2) is 0 Å². The third-order valence-electron chi connectivity index (χ3n) is 3.98. The molecule has 0 aliphatic carbocycles. The highest BCUT2D eigenvalue weighted by Gasteiger charge is 2.08. The van der Waals surface area contributed by atoms with E-state index in [9.17, 15) is 4.79 Å². The average molecular weight is 304 g/mol. The predicted octanol–water partition coefficient (Wildman–Crippen LogP) is 2.61. The number of benzene rings is 1. The second kappa shape index (κ2) is 5.61. The molecule has 0 saturated heterocycles. The summed E-state index contributed by atoms with van der Waals surface area (Å²) < 4.78 is 3.77. The third kappa shape index (κ3) is 2.57. The van der Waals surface area contributed by atoms with E-state index in [1.807, 2.05) is 65.5 Å². The van der Waals surface area contributed by atoms with Gasteiger partial charge in [0, 0.05) is 30.0 Å². The molecule has 0 aliphatic rings. The summed E-state index contributed by atoms with van der Waals surface area (Å²) in [4.78, 5) is 12.2. The minimum atomic E-state index is -0.0124. The Morgan fingerprint density at radius 3 is 2.78 bits per heavy atom. The van der Waals surface area contributed by atoms with E-state index in [2.05, 4.69) is 10.4 Å². The number of rotatable bonds is 4. The number of nitrogens with one attached hydrogen (secondary N) is 1. The summed E-state index contributed by atoms with van der Waals surface area (Å²) in [5, 5.41) is 8.38. The van der Waals surface area contributed by atoms with Crippen LogP contribution >= 0.6 is 0 Å². The largest absolute Gasteiger partial charge is 0.350 e. The van der Waals surface area contributed by atoms with Crippen LogP contribution in [0, 0.1) is 0 Å². The highest BCUT2D eigenvalue weighted by Crippen LogP contribution is 2.15. The first-order valence-electron chi connectivity index (χ1n) is 7.53. The van der Waals surface area contributed by atoms with Gasteiger partial charge >= 0.3 is 0 Å². The van der Waals surface area contributed by atoms with Crippen molar-refractivity contribution in [2.75, 3.05) is 0 Å². The smallest absolute Gasteiger partial charge is 0.240 e. The summed E-state index contributed by atoms with van der Waals surface area (Å²) in [5.74, 6) is -0.0124. The number of carbonyl (C=O) groups excluding carboxylic acids is 1. The number of para-hydroxylation sites is 1. The van der Waals surface area contributed by atoms with Gasteiger partial charge in [0.25, 0.3) is 0 Å². The molecule has 0 saturated carbocycles. The maximum absolute atomic E-state index is 12.2. The minimum absolute atomic E-state index is 0.0124. The van der Waals surface area contributed by atoms with Crippen molar-refractivity contribution >= 4 is 22.3 Å². The molecule has 3 heterocycles. The molecule has 0 radical (unpaired) electrons. The monoisotopic (exact) mass is 304 g/mol. The van der Waals surface area contributed by atoms with Crippen LogP contribution in [-0.4, -0.2) is 20.1 Å². The first-order valence-corrected chi connectivity index (χ1v) is 7.53. The summed E-state index contributed by atoms with van der Waals surface area (Å²) >= 11 is 0. The second-order valence-corrected chi connectivity index (χ2v) is 5.48. The Morgan fingerprint density at radius 1 is 1.00 bits per heavy atom. The molecule has 5 heteroatoms. The van der Waals surface area contributed by atoms with Crippen LogP contribution in [-0.2, 0) is 17.9 Å². The lowest BCUT2D eigenvalue weighted by molar-refractivity contribution is -0.121. The van der Waals surface area contributed by atoms with Gasteiger partial charge in [0.1, 0.15) is 6.54 Å². The van der Waals surface area contributed by atoms with Gasteiger partial charge in [-0.3, -0.25) is 4.79 Å². The number of amides is 1. The van der Waals surface area contributed by atoms with Gasteiger partial charge in [-0.2, -0.15) is 5.10 Å². The molecule has 114 valence electrons. The van der Waals surface area contributed by atoms with Crippen molar-refractivity contribution in [3.05, 3.63) is 72.7 Å². The third-order valence-corrected chi connectivity index (χ3v) is 3.98. The number of carbonyl (C=O) groups is 1. The molecular formula is C18H16N4O. The molecule has 1 N–H and O–H groups in total. The maximum Gasteiger partial charge on any atom is 0.240 e. The van der Waals surface area contributed by atoms with Crippen molar-refractivity contribution < 1.29 is 4.79 Å². The van der Waals surface area contributed by atoms with Gasteiger partial charge in [-0.05, 0) is 29.7 Å². The van der Waals surface area contributed by atoms with E-state index >= 15 is 0 Å².